The summed E-state index contributed by atoms with van der Waals surface area (Å²) in [5, 5.41) is 7.83. The van der Waals surface area contributed by atoms with Crippen LogP contribution in [0.2, 0.25) is 0 Å². The molecule has 1 unspecified atom stereocenters. The molecule has 0 aliphatic heterocycles. The molecule has 90 valence electrons. The second-order valence-electron chi connectivity index (χ2n) is 4.51. The highest BCUT2D eigenvalue weighted by atomic mass is 15.1. The third-order valence-corrected chi connectivity index (χ3v) is 3.12. The van der Waals surface area contributed by atoms with Crippen LogP contribution in [0.4, 0.5) is 0 Å². The Morgan fingerprint density at radius 2 is 1.88 bits per heavy atom. The van der Waals surface area contributed by atoms with E-state index in [-0.39, 0.29) is 0 Å². The van der Waals surface area contributed by atoms with Crippen molar-refractivity contribution >= 4 is 0 Å². The van der Waals surface area contributed by atoms with Crippen molar-refractivity contribution in [2.24, 2.45) is 0 Å². The molecule has 0 spiro atoms. The number of aromatic nitrogens is 2. The van der Waals surface area contributed by atoms with Crippen LogP contribution in [0.15, 0.2) is 18.5 Å². The van der Waals surface area contributed by atoms with Gasteiger partial charge in [0.15, 0.2) is 0 Å². The standard InChI is InChI=1S/C14H24N2/c1-3-5-6-7-9-13(8-4-2)14-10-11-15-16-12-14/h10-13H,3-9H2,1-2H3. The maximum Gasteiger partial charge on any atom is 0.0531 e. The zero-order chi connectivity index (χ0) is 11.6. The van der Waals surface area contributed by atoms with Crippen LogP contribution >= 0.6 is 0 Å². The Hall–Kier alpha value is -0.920. The van der Waals surface area contributed by atoms with Gasteiger partial charge >= 0.3 is 0 Å². The molecule has 1 rings (SSSR count). The Bertz CT molecular complexity index is 259. The Balaban J connectivity index is 2.41. The van der Waals surface area contributed by atoms with Gasteiger partial charge in [0.1, 0.15) is 0 Å². The number of hydrogen-bond donors (Lipinski definition) is 0. The summed E-state index contributed by atoms with van der Waals surface area (Å²) in [7, 11) is 0. The van der Waals surface area contributed by atoms with Gasteiger partial charge in [-0.1, -0.05) is 46.0 Å². The Morgan fingerprint density at radius 1 is 1.00 bits per heavy atom. The topological polar surface area (TPSA) is 25.8 Å². The zero-order valence-electron chi connectivity index (χ0n) is 10.7. The molecular weight excluding hydrogens is 196 g/mol. The second-order valence-corrected chi connectivity index (χ2v) is 4.51. The lowest BCUT2D eigenvalue weighted by atomic mass is 9.90. The van der Waals surface area contributed by atoms with E-state index in [4.69, 9.17) is 0 Å². The van der Waals surface area contributed by atoms with Crippen molar-refractivity contribution in [1.82, 2.24) is 10.2 Å². The van der Waals surface area contributed by atoms with E-state index < -0.39 is 0 Å². The first-order valence-electron chi connectivity index (χ1n) is 6.65. The van der Waals surface area contributed by atoms with E-state index in [1.165, 1.54) is 50.5 Å². The number of hydrogen-bond acceptors (Lipinski definition) is 2. The molecule has 0 amide bonds. The molecule has 0 aromatic carbocycles. The van der Waals surface area contributed by atoms with Crippen molar-refractivity contribution in [2.75, 3.05) is 0 Å². The Kier molecular flexibility index (Phi) is 6.78. The van der Waals surface area contributed by atoms with Gasteiger partial charge in [0.05, 0.1) is 6.20 Å². The van der Waals surface area contributed by atoms with Crippen LogP contribution in [0, 0.1) is 0 Å². The van der Waals surface area contributed by atoms with E-state index in [9.17, 15) is 0 Å². The molecule has 0 bridgehead atoms. The van der Waals surface area contributed by atoms with Gasteiger partial charge in [-0.05, 0) is 30.4 Å². The van der Waals surface area contributed by atoms with Crippen molar-refractivity contribution in [2.45, 2.75) is 64.7 Å². The normalized spacial score (nSPS) is 12.6. The van der Waals surface area contributed by atoms with E-state index in [0.29, 0.717) is 5.92 Å². The lowest BCUT2D eigenvalue weighted by molar-refractivity contribution is 0.519. The average Bonchev–Trinajstić information content (AvgIpc) is 2.34. The van der Waals surface area contributed by atoms with Gasteiger partial charge in [-0.2, -0.15) is 10.2 Å². The van der Waals surface area contributed by atoms with Crippen molar-refractivity contribution in [1.29, 1.82) is 0 Å². The molecular formula is C14H24N2. The van der Waals surface area contributed by atoms with Crippen molar-refractivity contribution in [3.05, 3.63) is 24.0 Å². The van der Waals surface area contributed by atoms with E-state index in [2.05, 4.69) is 30.1 Å². The minimum absolute atomic E-state index is 0.692. The van der Waals surface area contributed by atoms with Gasteiger partial charge in [0, 0.05) is 6.20 Å². The predicted octanol–water partition coefficient (Wildman–Crippen LogP) is 4.33. The SMILES string of the molecule is CCCCCCC(CCC)c1ccnnc1. The van der Waals surface area contributed by atoms with Crippen LogP contribution in [0.25, 0.3) is 0 Å². The first-order valence-corrected chi connectivity index (χ1v) is 6.65. The molecule has 16 heavy (non-hydrogen) atoms. The van der Waals surface area contributed by atoms with Gasteiger partial charge in [-0.3, -0.25) is 0 Å². The quantitative estimate of drug-likeness (QED) is 0.609. The Morgan fingerprint density at radius 3 is 2.50 bits per heavy atom. The summed E-state index contributed by atoms with van der Waals surface area (Å²) in [5.41, 5.74) is 1.37. The fourth-order valence-corrected chi connectivity index (χ4v) is 2.19. The van der Waals surface area contributed by atoms with Gasteiger partial charge in [0.25, 0.3) is 0 Å². The summed E-state index contributed by atoms with van der Waals surface area (Å²) in [6.45, 7) is 4.52. The van der Waals surface area contributed by atoms with Crippen LogP contribution in [0.3, 0.4) is 0 Å². The van der Waals surface area contributed by atoms with E-state index in [1.54, 1.807) is 0 Å². The third kappa shape index (κ3) is 4.73. The highest BCUT2D eigenvalue weighted by Gasteiger charge is 2.10. The fourth-order valence-electron chi connectivity index (χ4n) is 2.19. The van der Waals surface area contributed by atoms with Gasteiger partial charge in [0.2, 0.25) is 0 Å². The highest BCUT2D eigenvalue weighted by Crippen LogP contribution is 2.26. The predicted molar refractivity (Wildman–Crippen MR) is 68.4 cm³/mol. The summed E-state index contributed by atoms with van der Waals surface area (Å²) >= 11 is 0. The lowest BCUT2D eigenvalue weighted by Gasteiger charge is -2.15. The molecule has 1 aromatic rings. The number of rotatable bonds is 8. The van der Waals surface area contributed by atoms with Crippen molar-refractivity contribution in [3.63, 3.8) is 0 Å². The summed E-state index contributed by atoms with van der Waals surface area (Å²) < 4.78 is 0. The van der Waals surface area contributed by atoms with Gasteiger partial charge < -0.3 is 0 Å². The highest BCUT2D eigenvalue weighted by molar-refractivity contribution is 5.11. The molecule has 2 heteroatoms. The van der Waals surface area contributed by atoms with E-state index in [0.717, 1.165) is 0 Å². The molecule has 0 radical (unpaired) electrons. The fraction of sp³-hybridized carbons (Fsp3) is 0.714. The lowest BCUT2D eigenvalue weighted by Crippen LogP contribution is -2.00. The van der Waals surface area contributed by atoms with Crippen LogP contribution in [0.5, 0.6) is 0 Å². The minimum atomic E-state index is 0.692. The molecule has 0 fully saturated rings. The smallest absolute Gasteiger partial charge is 0.0531 e. The molecule has 0 aliphatic rings. The maximum absolute atomic E-state index is 3.98. The van der Waals surface area contributed by atoms with E-state index in [1.807, 2.05) is 12.4 Å². The summed E-state index contributed by atoms with van der Waals surface area (Å²) in [6, 6.07) is 2.12. The summed E-state index contributed by atoms with van der Waals surface area (Å²) in [4.78, 5) is 0. The minimum Gasteiger partial charge on any atom is -0.159 e. The number of nitrogens with zero attached hydrogens (tertiary/aromatic N) is 2. The third-order valence-electron chi connectivity index (χ3n) is 3.12. The second kappa shape index (κ2) is 8.26. The largest absolute Gasteiger partial charge is 0.159 e. The summed E-state index contributed by atoms with van der Waals surface area (Å²) in [5.74, 6) is 0.692. The first kappa shape index (κ1) is 13.1. The molecule has 0 saturated heterocycles. The molecule has 0 aliphatic carbocycles. The Labute approximate surface area is 99.5 Å². The van der Waals surface area contributed by atoms with E-state index >= 15 is 0 Å². The van der Waals surface area contributed by atoms with Gasteiger partial charge in [-0.15, -0.1) is 0 Å². The molecule has 0 saturated carbocycles. The first-order chi connectivity index (χ1) is 7.88. The molecule has 1 heterocycles. The molecule has 0 N–H and O–H groups in total. The maximum atomic E-state index is 3.98. The summed E-state index contributed by atoms with van der Waals surface area (Å²) in [6.07, 6.45) is 13.0. The zero-order valence-corrected chi connectivity index (χ0v) is 10.7. The monoisotopic (exact) mass is 220 g/mol. The average molecular weight is 220 g/mol. The molecule has 1 atom stereocenters. The van der Waals surface area contributed by atoms with Crippen LogP contribution in [0.1, 0.15) is 70.3 Å². The van der Waals surface area contributed by atoms with Crippen LogP contribution < -0.4 is 0 Å². The molecule has 2 nitrogen and oxygen atoms in total. The number of unbranched alkanes of at least 4 members (excludes halogenated alkanes) is 3. The van der Waals surface area contributed by atoms with Gasteiger partial charge in [-0.25, -0.2) is 0 Å². The van der Waals surface area contributed by atoms with Crippen LogP contribution in [-0.4, -0.2) is 10.2 Å². The van der Waals surface area contributed by atoms with Crippen molar-refractivity contribution in [3.8, 4) is 0 Å². The van der Waals surface area contributed by atoms with Crippen molar-refractivity contribution < 1.29 is 0 Å². The van der Waals surface area contributed by atoms with Crippen LogP contribution in [-0.2, 0) is 0 Å². The molecule has 1 aromatic heterocycles.